The molecule has 0 amide bonds. The van der Waals surface area contributed by atoms with Gasteiger partial charge in [-0.05, 0) is 25.1 Å². The summed E-state index contributed by atoms with van der Waals surface area (Å²) in [6, 6.07) is 9.40. The van der Waals surface area contributed by atoms with Gasteiger partial charge in [-0.1, -0.05) is 5.16 Å². The zero-order chi connectivity index (χ0) is 14.8. The summed E-state index contributed by atoms with van der Waals surface area (Å²) in [7, 11) is 0. The topological polar surface area (TPSA) is 74.2 Å². The molecule has 3 rings (SSSR count). The van der Waals surface area contributed by atoms with E-state index in [1.54, 1.807) is 30.5 Å². The number of nitrogen functional groups attached to an aromatic ring is 1. The number of nitrogens with two attached hydrogens (primary N) is 1. The van der Waals surface area contributed by atoms with Crippen molar-refractivity contribution in [2.45, 2.75) is 6.92 Å². The van der Waals surface area contributed by atoms with Gasteiger partial charge in [-0.15, -0.1) is 0 Å². The van der Waals surface area contributed by atoms with Crippen molar-refractivity contribution in [2.75, 3.05) is 5.73 Å². The van der Waals surface area contributed by atoms with Crippen LogP contribution < -0.4 is 10.5 Å². The summed E-state index contributed by atoms with van der Waals surface area (Å²) in [5.41, 5.74) is 6.85. The second-order valence-electron chi connectivity index (χ2n) is 4.49. The van der Waals surface area contributed by atoms with Crippen LogP contribution >= 0.6 is 0 Å². The minimum absolute atomic E-state index is 0.0786. The number of halogens is 1. The first kappa shape index (κ1) is 13.1. The lowest BCUT2D eigenvalue weighted by Gasteiger charge is -2.07. The maximum Gasteiger partial charge on any atom is 0.185 e. The van der Waals surface area contributed by atoms with E-state index >= 15 is 0 Å². The molecule has 0 bridgehead atoms. The molecule has 0 atom stereocenters. The van der Waals surface area contributed by atoms with Crippen LogP contribution in [0.25, 0.3) is 11.5 Å². The Morgan fingerprint density at radius 3 is 2.67 bits per heavy atom. The van der Waals surface area contributed by atoms with Gasteiger partial charge in [-0.3, -0.25) is 4.98 Å². The standard InChI is InChI=1S/C15H12FN3O2/c1-9-6-15(21-19-9)14-8-11(4-5-18-14)20-10-2-3-13(17)12(16)7-10/h2-8H,17H2,1H3. The molecule has 1 aromatic carbocycles. The first-order chi connectivity index (χ1) is 10.1. The van der Waals surface area contributed by atoms with Crippen molar-refractivity contribution in [1.29, 1.82) is 0 Å². The molecule has 5 nitrogen and oxygen atoms in total. The Labute approximate surface area is 120 Å². The van der Waals surface area contributed by atoms with Crippen LogP contribution in [0.5, 0.6) is 11.5 Å². The number of hydrogen-bond donors (Lipinski definition) is 1. The van der Waals surface area contributed by atoms with E-state index in [9.17, 15) is 4.39 Å². The average Bonchev–Trinajstić information content (AvgIpc) is 2.90. The lowest BCUT2D eigenvalue weighted by atomic mass is 10.2. The third kappa shape index (κ3) is 2.84. The molecule has 2 N–H and O–H groups in total. The van der Waals surface area contributed by atoms with E-state index in [0.29, 0.717) is 23.0 Å². The van der Waals surface area contributed by atoms with Crippen molar-refractivity contribution < 1.29 is 13.7 Å². The summed E-state index contributed by atoms with van der Waals surface area (Å²) < 4.78 is 24.1. The lowest BCUT2D eigenvalue weighted by Crippen LogP contribution is -1.92. The van der Waals surface area contributed by atoms with E-state index in [-0.39, 0.29) is 5.69 Å². The van der Waals surface area contributed by atoms with Crippen LogP contribution in [0.3, 0.4) is 0 Å². The Morgan fingerprint density at radius 1 is 1.14 bits per heavy atom. The van der Waals surface area contributed by atoms with Gasteiger partial charge >= 0.3 is 0 Å². The summed E-state index contributed by atoms with van der Waals surface area (Å²) in [6.07, 6.45) is 1.58. The molecule has 6 heteroatoms. The molecule has 0 unspecified atom stereocenters. The highest BCUT2D eigenvalue weighted by Crippen LogP contribution is 2.27. The molecular weight excluding hydrogens is 273 g/mol. The predicted molar refractivity (Wildman–Crippen MR) is 75.4 cm³/mol. The van der Waals surface area contributed by atoms with Gasteiger partial charge in [0.1, 0.15) is 23.0 Å². The van der Waals surface area contributed by atoms with Gasteiger partial charge in [-0.25, -0.2) is 4.39 Å². The number of ether oxygens (including phenoxy) is 1. The number of aryl methyl sites for hydroxylation is 1. The molecule has 0 aliphatic heterocycles. The largest absolute Gasteiger partial charge is 0.457 e. The van der Waals surface area contributed by atoms with Gasteiger partial charge in [0.2, 0.25) is 0 Å². The average molecular weight is 285 g/mol. The number of aromatic nitrogens is 2. The monoisotopic (exact) mass is 285 g/mol. The molecule has 3 aromatic rings. The molecule has 0 aliphatic carbocycles. The van der Waals surface area contributed by atoms with E-state index in [0.717, 1.165) is 5.69 Å². The van der Waals surface area contributed by atoms with Crippen LogP contribution in [0, 0.1) is 12.7 Å². The smallest absolute Gasteiger partial charge is 0.185 e. The summed E-state index contributed by atoms with van der Waals surface area (Å²) in [4.78, 5) is 4.19. The minimum Gasteiger partial charge on any atom is -0.457 e. The third-order valence-electron chi connectivity index (χ3n) is 2.82. The molecule has 0 saturated heterocycles. The molecule has 106 valence electrons. The summed E-state index contributed by atoms with van der Waals surface area (Å²) >= 11 is 0. The van der Waals surface area contributed by atoms with Crippen LogP contribution in [0.2, 0.25) is 0 Å². The number of nitrogens with zero attached hydrogens (tertiary/aromatic N) is 2. The zero-order valence-corrected chi connectivity index (χ0v) is 11.2. The Balaban J connectivity index is 1.87. The lowest BCUT2D eigenvalue weighted by molar-refractivity contribution is 0.425. The second kappa shape index (κ2) is 5.24. The maximum atomic E-state index is 13.4. The second-order valence-corrected chi connectivity index (χ2v) is 4.49. The molecule has 0 saturated carbocycles. The highest BCUT2D eigenvalue weighted by Gasteiger charge is 2.08. The van der Waals surface area contributed by atoms with Crippen molar-refractivity contribution in [3.63, 3.8) is 0 Å². The van der Waals surface area contributed by atoms with E-state index in [4.69, 9.17) is 15.0 Å². The van der Waals surface area contributed by atoms with Crippen molar-refractivity contribution in [2.24, 2.45) is 0 Å². The van der Waals surface area contributed by atoms with Gasteiger partial charge < -0.3 is 15.0 Å². The van der Waals surface area contributed by atoms with Crippen LogP contribution in [0.15, 0.2) is 47.1 Å². The van der Waals surface area contributed by atoms with Gasteiger partial charge in [0.25, 0.3) is 0 Å². The van der Waals surface area contributed by atoms with E-state index < -0.39 is 5.82 Å². The van der Waals surface area contributed by atoms with Gasteiger partial charge in [-0.2, -0.15) is 0 Å². The predicted octanol–water partition coefficient (Wildman–Crippen LogP) is 3.56. The highest BCUT2D eigenvalue weighted by molar-refractivity contribution is 5.54. The third-order valence-corrected chi connectivity index (χ3v) is 2.82. The fraction of sp³-hybridized carbons (Fsp3) is 0.0667. The van der Waals surface area contributed by atoms with Crippen molar-refractivity contribution in [3.05, 3.63) is 54.1 Å². The van der Waals surface area contributed by atoms with Crippen LogP contribution in [0.1, 0.15) is 5.69 Å². The number of rotatable bonds is 3. The Morgan fingerprint density at radius 2 is 1.95 bits per heavy atom. The summed E-state index contributed by atoms with van der Waals surface area (Å²) in [5, 5.41) is 3.81. The molecule has 2 aromatic heterocycles. The maximum absolute atomic E-state index is 13.4. The van der Waals surface area contributed by atoms with Gasteiger partial charge in [0, 0.05) is 24.4 Å². The molecule has 0 radical (unpaired) electrons. The number of hydrogen-bond acceptors (Lipinski definition) is 5. The molecule has 0 spiro atoms. The van der Waals surface area contributed by atoms with E-state index in [1.165, 1.54) is 12.1 Å². The van der Waals surface area contributed by atoms with Crippen LogP contribution in [-0.2, 0) is 0 Å². The molecule has 0 fully saturated rings. The van der Waals surface area contributed by atoms with Crippen molar-refractivity contribution >= 4 is 5.69 Å². The summed E-state index contributed by atoms with van der Waals surface area (Å²) in [5.74, 6) is 0.889. The normalized spacial score (nSPS) is 10.6. The van der Waals surface area contributed by atoms with Gasteiger partial charge in [0.15, 0.2) is 5.76 Å². The first-order valence-electron chi connectivity index (χ1n) is 6.24. The van der Waals surface area contributed by atoms with E-state index in [1.807, 2.05) is 6.92 Å². The van der Waals surface area contributed by atoms with E-state index in [2.05, 4.69) is 10.1 Å². The Bertz CT molecular complexity index is 786. The zero-order valence-electron chi connectivity index (χ0n) is 11.2. The quantitative estimate of drug-likeness (QED) is 0.745. The summed E-state index contributed by atoms with van der Waals surface area (Å²) in [6.45, 7) is 1.82. The molecular formula is C15H12FN3O2. The number of anilines is 1. The number of pyridine rings is 1. The first-order valence-corrected chi connectivity index (χ1v) is 6.24. The SMILES string of the molecule is Cc1cc(-c2cc(Oc3ccc(N)c(F)c3)ccn2)on1. The fourth-order valence-corrected chi connectivity index (χ4v) is 1.80. The van der Waals surface area contributed by atoms with Gasteiger partial charge in [0.05, 0.1) is 11.4 Å². The van der Waals surface area contributed by atoms with Crippen molar-refractivity contribution in [1.82, 2.24) is 10.1 Å². The van der Waals surface area contributed by atoms with Crippen LogP contribution in [0.4, 0.5) is 10.1 Å². The molecule has 2 heterocycles. The Kier molecular flexibility index (Phi) is 3.27. The molecule has 21 heavy (non-hydrogen) atoms. The Hall–Kier alpha value is -2.89. The van der Waals surface area contributed by atoms with Crippen molar-refractivity contribution in [3.8, 4) is 23.0 Å². The fourth-order valence-electron chi connectivity index (χ4n) is 1.80. The van der Waals surface area contributed by atoms with Crippen LogP contribution in [-0.4, -0.2) is 10.1 Å². The minimum atomic E-state index is -0.521. The number of benzene rings is 1. The highest BCUT2D eigenvalue weighted by atomic mass is 19.1. The molecule has 0 aliphatic rings.